The number of primary amides is 1. The molecule has 0 spiro atoms. The highest BCUT2D eigenvalue weighted by Crippen LogP contribution is 2.00. The van der Waals surface area contributed by atoms with Crippen molar-refractivity contribution in [2.45, 2.75) is 20.8 Å². The monoisotopic (exact) mass is 209 g/mol. The summed E-state index contributed by atoms with van der Waals surface area (Å²) >= 11 is 1.46. The van der Waals surface area contributed by atoms with Crippen LogP contribution in [0.2, 0.25) is 0 Å². The van der Waals surface area contributed by atoms with Crippen molar-refractivity contribution < 1.29 is 4.79 Å². The van der Waals surface area contributed by atoms with Gasteiger partial charge in [0.05, 0.1) is 4.88 Å². The van der Waals surface area contributed by atoms with Crippen molar-refractivity contribution in [3.63, 3.8) is 0 Å². The van der Waals surface area contributed by atoms with Crippen molar-refractivity contribution in [3.05, 3.63) is 20.7 Å². The molecule has 0 fully saturated rings. The molecule has 76 valence electrons. The summed E-state index contributed by atoms with van der Waals surface area (Å²) in [6.07, 6.45) is 4.14. The standard InChI is InChI=1S/C11H15NOS/c1-4-8-6-10(11(12)13)14-9(8)5-7(2)3/h4-7H,1-3H3,(H2,12,13)/b8-4-,9-5+. The van der Waals surface area contributed by atoms with E-state index in [1.807, 2.05) is 19.1 Å². The molecule has 0 aromatic carbocycles. The number of nitrogens with two attached hydrogens (primary N) is 1. The highest BCUT2D eigenvalue weighted by atomic mass is 32.1. The van der Waals surface area contributed by atoms with Crippen LogP contribution < -0.4 is 15.5 Å². The van der Waals surface area contributed by atoms with E-state index in [1.54, 1.807) is 0 Å². The van der Waals surface area contributed by atoms with E-state index in [9.17, 15) is 4.79 Å². The van der Waals surface area contributed by atoms with E-state index in [0.717, 1.165) is 9.75 Å². The average molecular weight is 209 g/mol. The predicted octanol–water partition coefficient (Wildman–Crippen LogP) is 1.08. The Morgan fingerprint density at radius 2 is 2.21 bits per heavy atom. The molecule has 1 rings (SSSR count). The fourth-order valence-corrected chi connectivity index (χ4v) is 2.36. The minimum Gasteiger partial charge on any atom is -0.365 e. The summed E-state index contributed by atoms with van der Waals surface area (Å²) in [5.41, 5.74) is 5.23. The van der Waals surface area contributed by atoms with Gasteiger partial charge in [0.15, 0.2) is 0 Å². The fourth-order valence-electron chi connectivity index (χ4n) is 1.20. The van der Waals surface area contributed by atoms with Crippen LogP contribution in [0, 0.1) is 5.92 Å². The Kier molecular flexibility index (Phi) is 3.47. The van der Waals surface area contributed by atoms with Gasteiger partial charge in [-0.1, -0.05) is 26.0 Å². The van der Waals surface area contributed by atoms with E-state index >= 15 is 0 Å². The van der Waals surface area contributed by atoms with Gasteiger partial charge in [0.2, 0.25) is 0 Å². The minimum absolute atomic E-state index is 0.346. The van der Waals surface area contributed by atoms with Crippen molar-refractivity contribution in [2.75, 3.05) is 0 Å². The number of carbonyl (C=O) groups excluding carboxylic acids is 1. The molecule has 0 aliphatic heterocycles. The third-order valence-corrected chi connectivity index (χ3v) is 2.96. The number of carbonyl (C=O) groups is 1. The molecule has 3 heteroatoms. The third-order valence-electron chi connectivity index (χ3n) is 1.83. The number of thiophene rings is 1. The van der Waals surface area contributed by atoms with Gasteiger partial charge in [-0.2, -0.15) is 0 Å². The van der Waals surface area contributed by atoms with Crippen molar-refractivity contribution in [2.24, 2.45) is 11.7 Å². The first kappa shape index (κ1) is 11.0. The second-order valence-corrected chi connectivity index (χ2v) is 4.58. The summed E-state index contributed by atoms with van der Waals surface area (Å²) in [6.45, 7) is 6.19. The van der Waals surface area contributed by atoms with Crippen LogP contribution in [-0.4, -0.2) is 5.91 Å². The maximum absolute atomic E-state index is 11.0. The molecule has 0 aliphatic carbocycles. The van der Waals surface area contributed by atoms with E-state index in [1.165, 1.54) is 11.3 Å². The highest BCUT2D eigenvalue weighted by molar-refractivity contribution is 7.11. The van der Waals surface area contributed by atoms with Gasteiger partial charge in [0, 0.05) is 4.53 Å². The average Bonchev–Trinajstić information content (AvgIpc) is 2.46. The molecule has 14 heavy (non-hydrogen) atoms. The molecule has 1 aromatic heterocycles. The number of rotatable bonds is 2. The SMILES string of the molecule is C/C=c1/cc(C(N)=O)s/c1=C/C(C)C. The van der Waals surface area contributed by atoms with E-state index in [4.69, 9.17) is 5.73 Å². The van der Waals surface area contributed by atoms with Gasteiger partial charge in [0.1, 0.15) is 0 Å². The Morgan fingerprint density at radius 3 is 2.64 bits per heavy atom. The predicted molar refractivity (Wildman–Crippen MR) is 61.5 cm³/mol. The van der Waals surface area contributed by atoms with Gasteiger partial charge < -0.3 is 5.73 Å². The Labute approximate surface area is 87.7 Å². The lowest BCUT2D eigenvalue weighted by molar-refractivity contribution is 0.100. The molecule has 2 nitrogen and oxygen atoms in total. The maximum Gasteiger partial charge on any atom is 0.258 e. The Hall–Kier alpha value is -1.09. The normalized spacial score (nSPS) is 14.0. The van der Waals surface area contributed by atoms with Crippen LogP contribution in [0.5, 0.6) is 0 Å². The summed E-state index contributed by atoms with van der Waals surface area (Å²) in [4.78, 5) is 11.6. The van der Waals surface area contributed by atoms with Crippen LogP contribution in [0.15, 0.2) is 6.07 Å². The number of hydrogen-bond acceptors (Lipinski definition) is 2. The molecule has 0 bridgehead atoms. The second-order valence-electron chi connectivity index (χ2n) is 3.49. The van der Waals surface area contributed by atoms with Gasteiger partial charge in [-0.25, -0.2) is 0 Å². The lowest BCUT2D eigenvalue weighted by atomic mass is 10.2. The molecule has 1 amide bonds. The van der Waals surface area contributed by atoms with Gasteiger partial charge in [0.25, 0.3) is 5.91 Å². The summed E-state index contributed by atoms with van der Waals surface area (Å²) in [5, 5.41) is 1.09. The fraction of sp³-hybridized carbons (Fsp3) is 0.364. The Morgan fingerprint density at radius 1 is 1.57 bits per heavy atom. The molecule has 0 atom stereocenters. The number of amides is 1. The van der Waals surface area contributed by atoms with Crippen LogP contribution in [0.4, 0.5) is 0 Å². The van der Waals surface area contributed by atoms with E-state index in [2.05, 4.69) is 19.9 Å². The van der Waals surface area contributed by atoms with Gasteiger partial charge in [-0.15, -0.1) is 11.3 Å². The van der Waals surface area contributed by atoms with Crippen molar-refractivity contribution in [3.8, 4) is 0 Å². The second kappa shape index (κ2) is 4.42. The van der Waals surface area contributed by atoms with Gasteiger partial charge in [-0.3, -0.25) is 4.79 Å². The zero-order valence-electron chi connectivity index (χ0n) is 8.70. The summed E-state index contributed by atoms with van der Waals surface area (Å²) in [5.74, 6) is 0.134. The zero-order chi connectivity index (χ0) is 10.7. The van der Waals surface area contributed by atoms with Crippen LogP contribution in [0.3, 0.4) is 0 Å². The first-order valence-corrected chi connectivity index (χ1v) is 5.44. The summed E-state index contributed by atoms with van der Waals surface area (Å²) < 4.78 is 1.14. The molecular formula is C11H15NOS. The van der Waals surface area contributed by atoms with E-state index in [0.29, 0.717) is 10.8 Å². The summed E-state index contributed by atoms with van der Waals surface area (Å²) in [6, 6.07) is 1.85. The molecule has 1 heterocycles. The quantitative estimate of drug-likeness (QED) is 0.778. The third kappa shape index (κ3) is 2.45. The molecule has 0 saturated heterocycles. The largest absolute Gasteiger partial charge is 0.365 e. The number of hydrogen-bond donors (Lipinski definition) is 1. The highest BCUT2D eigenvalue weighted by Gasteiger charge is 2.03. The zero-order valence-corrected chi connectivity index (χ0v) is 9.52. The first-order valence-electron chi connectivity index (χ1n) is 4.62. The lowest BCUT2D eigenvalue weighted by Crippen LogP contribution is -2.17. The first-order chi connectivity index (χ1) is 6.54. The minimum atomic E-state index is -0.346. The molecule has 0 unspecified atom stereocenters. The molecular weight excluding hydrogens is 194 g/mol. The maximum atomic E-state index is 11.0. The van der Waals surface area contributed by atoms with E-state index in [-0.39, 0.29) is 5.91 Å². The molecule has 0 radical (unpaired) electrons. The molecule has 0 aliphatic rings. The summed E-state index contributed by atoms with van der Waals surface area (Å²) in [7, 11) is 0. The van der Waals surface area contributed by atoms with Crippen molar-refractivity contribution in [1.82, 2.24) is 0 Å². The van der Waals surface area contributed by atoms with Crippen molar-refractivity contribution >= 4 is 29.4 Å². The molecule has 1 aromatic rings. The lowest BCUT2D eigenvalue weighted by Gasteiger charge is -1.89. The van der Waals surface area contributed by atoms with Crippen molar-refractivity contribution in [1.29, 1.82) is 0 Å². The molecule has 2 N–H and O–H groups in total. The van der Waals surface area contributed by atoms with Crippen LogP contribution in [0.25, 0.3) is 12.2 Å². The van der Waals surface area contributed by atoms with Gasteiger partial charge >= 0.3 is 0 Å². The van der Waals surface area contributed by atoms with Crippen LogP contribution in [0.1, 0.15) is 30.4 Å². The molecule has 0 saturated carbocycles. The van der Waals surface area contributed by atoms with Gasteiger partial charge in [-0.05, 0) is 24.1 Å². The topological polar surface area (TPSA) is 43.1 Å². The van der Waals surface area contributed by atoms with Crippen LogP contribution in [-0.2, 0) is 0 Å². The smallest absolute Gasteiger partial charge is 0.258 e. The van der Waals surface area contributed by atoms with Crippen LogP contribution >= 0.6 is 11.3 Å². The Balaban J connectivity index is 3.38. The van der Waals surface area contributed by atoms with E-state index < -0.39 is 0 Å². The Bertz CT molecular complexity index is 442.